The Morgan fingerprint density at radius 2 is 1.63 bits per heavy atom. The average molecular weight is 554 g/mol. The highest BCUT2D eigenvalue weighted by molar-refractivity contribution is 7.13. The van der Waals surface area contributed by atoms with Crippen molar-refractivity contribution in [3.8, 4) is 0 Å². The second-order valence-electron chi connectivity index (χ2n) is 10.5. The van der Waals surface area contributed by atoms with Gasteiger partial charge < -0.3 is 25.4 Å². The number of anilines is 1. The maximum atomic E-state index is 13.1. The van der Waals surface area contributed by atoms with Crippen molar-refractivity contribution in [3.05, 3.63) is 15.8 Å². The van der Waals surface area contributed by atoms with Gasteiger partial charge in [-0.3, -0.25) is 9.59 Å². The largest absolute Gasteiger partial charge is 0.467 e. The summed E-state index contributed by atoms with van der Waals surface area (Å²) in [6, 6.07) is -0.840. The van der Waals surface area contributed by atoms with Crippen LogP contribution in [-0.2, 0) is 19.1 Å². The molecule has 0 aliphatic heterocycles. The minimum atomic E-state index is -0.840. The fraction of sp³-hybridized carbons (Fsp3) is 0.714. The van der Waals surface area contributed by atoms with Crippen molar-refractivity contribution in [2.45, 2.75) is 117 Å². The van der Waals surface area contributed by atoms with Crippen LogP contribution in [0.5, 0.6) is 0 Å². The van der Waals surface area contributed by atoms with Crippen LogP contribution in [0.4, 0.5) is 10.5 Å². The maximum absolute atomic E-state index is 13.1. The van der Waals surface area contributed by atoms with Gasteiger partial charge in [0, 0.05) is 13.0 Å². The number of thiophene rings is 1. The molecule has 9 nitrogen and oxygen atoms in total. The molecule has 0 saturated heterocycles. The van der Waals surface area contributed by atoms with E-state index in [0.29, 0.717) is 42.8 Å². The number of alkyl carbamates (subject to hydrolysis) is 1. The number of hydrogen-bond donors (Lipinski definition) is 3. The Kier molecular flexibility index (Phi) is 15.7. The summed E-state index contributed by atoms with van der Waals surface area (Å²) >= 11 is 1.23. The molecule has 0 radical (unpaired) electrons. The lowest BCUT2D eigenvalue weighted by Crippen LogP contribution is -2.41. The van der Waals surface area contributed by atoms with Crippen LogP contribution >= 0.6 is 11.3 Å². The van der Waals surface area contributed by atoms with E-state index in [4.69, 9.17) is 9.47 Å². The molecule has 1 aromatic heterocycles. The van der Waals surface area contributed by atoms with Crippen molar-refractivity contribution >= 4 is 40.9 Å². The summed E-state index contributed by atoms with van der Waals surface area (Å²) in [7, 11) is 1.27. The molecule has 0 fully saturated rings. The summed E-state index contributed by atoms with van der Waals surface area (Å²) in [5, 5.41) is 10.1. The van der Waals surface area contributed by atoms with Gasteiger partial charge in [0.05, 0.1) is 12.8 Å². The highest BCUT2D eigenvalue weighted by atomic mass is 32.1. The van der Waals surface area contributed by atoms with E-state index >= 15 is 0 Å². The van der Waals surface area contributed by atoms with Crippen LogP contribution in [0.15, 0.2) is 5.38 Å². The topological polar surface area (TPSA) is 123 Å². The summed E-state index contributed by atoms with van der Waals surface area (Å²) in [5.74, 6) is -1.09. The standard InChI is InChI=1S/C28H47N3O6S/c1-7-8-9-10-11-12-13-17-22(32)31-23-20(2)19-38-24(23)25(33)30-21(26(34)36-6)16-14-15-18-29-27(35)37-28(3,4)5/h19,21H,7-18H2,1-6H3,(H,29,35)(H,30,33)(H,31,32)/t21-/m0/s1. The number of carbonyl (C=O) groups excluding carboxylic acids is 4. The smallest absolute Gasteiger partial charge is 0.407 e. The molecule has 1 atom stereocenters. The van der Waals surface area contributed by atoms with E-state index in [-0.39, 0.29) is 5.91 Å². The number of amides is 3. The molecule has 0 aliphatic rings. The first kappa shape index (κ1) is 33.4. The molecule has 0 aromatic carbocycles. The first-order chi connectivity index (χ1) is 18.0. The summed E-state index contributed by atoms with van der Waals surface area (Å²) in [6.07, 6.45) is 9.30. The number of rotatable bonds is 17. The Morgan fingerprint density at radius 1 is 0.974 bits per heavy atom. The van der Waals surface area contributed by atoms with Gasteiger partial charge in [-0.15, -0.1) is 11.3 Å². The molecular formula is C28H47N3O6S. The number of methoxy groups -OCH3 is 1. The molecule has 38 heavy (non-hydrogen) atoms. The van der Waals surface area contributed by atoms with Crippen molar-refractivity contribution in [2.24, 2.45) is 0 Å². The molecule has 3 amide bonds. The van der Waals surface area contributed by atoms with Gasteiger partial charge in [-0.1, -0.05) is 45.4 Å². The quantitative estimate of drug-likeness (QED) is 0.158. The lowest BCUT2D eigenvalue weighted by atomic mass is 10.1. The first-order valence-corrected chi connectivity index (χ1v) is 14.6. The second-order valence-corrected chi connectivity index (χ2v) is 11.4. The fourth-order valence-corrected chi connectivity index (χ4v) is 4.71. The third-order valence-corrected chi connectivity index (χ3v) is 6.93. The molecule has 1 aromatic rings. The van der Waals surface area contributed by atoms with Gasteiger partial charge in [-0.25, -0.2) is 9.59 Å². The van der Waals surface area contributed by atoms with E-state index in [1.807, 2.05) is 12.3 Å². The maximum Gasteiger partial charge on any atom is 0.407 e. The average Bonchev–Trinajstić information content (AvgIpc) is 3.20. The minimum Gasteiger partial charge on any atom is -0.467 e. The molecule has 3 N–H and O–H groups in total. The summed E-state index contributed by atoms with van der Waals surface area (Å²) in [4.78, 5) is 50.0. The minimum absolute atomic E-state index is 0.115. The van der Waals surface area contributed by atoms with Gasteiger partial charge in [0.15, 0.2) is 0 Å². The van der Waals surface area contributed by atoms with Gasteiger partial charge >= 0.3 is 12.1 Å². The van der Waals surface area contributed by atoms with Crippen molar-refractivity contribution in [1.29, 1.82) is 0 Å². The molecule has 216 valence electrons. The van der Waals surface area contributed by atoms with E-state index in [9.17, 15) is 19.2 Å². The van der Waals surface area contributed by atoms with E-state index in [1.165, 1.54) is 44.1 Å². The normalized spacial score (nSPS) is 11.9. The molecule has 0 saturated carbocycles. The lowest BCUT2D eigenvalue weighted by Gasteiger charge is -2.20. The molecule has 0 unspecified atom stereocenters. The summed E-state index contributed by atoms with van der Waals surface area (Å²) in [5.41, 5.74) is 0.720. The zero-order chi connectivity index (χ0) is 28.6. The van der Waals surface area contributed by atoms with Crippen molar-refractivity contribution in [2.75, 3.05) is 19.0 Å². The number of unbranched alkanes of at least 4 members (excludes halogenated alkanes) is 7. The van der Waals surface area contributed by atoms with Gasteiger partial charge in [0.25, 0.3) is 5.91 Å². The van der Waals surface area contributed by atoms with Crippen molar-refractivity contribution in [1.82, 2.24) is 10.6 Å². The highest BCUT2D eigenvalue weighted by Crippen LogP contribution is 2.28. The van der Waals surface area contributed by atoms with Crippen LogP contribution in [0.25, 0.3) is 0 Å². The highest BCUT2D eigenvalue weighted by Gasteiger charge is 2.25. The van der Waals surface area contributed by atoms with Gasteiger partial charge in [-0.05, 0) is 64.3 Å². The Bertz CT molecular complexity index is 894. The van der Waals surface area contributed by atoms with E-state index in [0.717, 1.165) is 24.8 Å². The number of carbonyl (C=O) groups is 4. The summed E-state index contributed by atoms with van der Waals surface area (Å²) < 4.78 is 10.1. The molecule has 0 aliphatic carbocycles. The van der Waals surface area contributed by atoms with Gasteiger partial charge in [0.2, 0.25) is 5.91 Å². The molecular weight excluding hydrogens is 506 g/mol. The molecule has 0 spiro atoms. The van der Waals surface area contributed by atoms with Crippen molar-refractivity contribution in [3.63, 3.8) is 0 Å². The third-order valence-electron chi connectivity index (χ3n) is 5.83. The predicted octanol–water partition coefficient (Wildman–Crippen LogP) is 6.10. The zero-order valence-electron chi connectivity index (χ0n) is 24.0. The first-order valence-electron chi connectivity index (χ1n) is 13.7. The number of esters is 1. The molecule has 1 rings (SSSR count). The van der Waals surface area contributed by atoms with Crippen LogP contribution in [0.1, 0.15) is 114 Å². The Morgan fingerprint density at radius 3 is 2.26 bits per heavy atom. The number of aryl methyl sites for hydroxylation is 1. The zero-order valence-corrected chi connectivity index (χ0v) is 24.8. The summed E-state index contributed by atoms with van der Waals surface area (Å²) in [6.45, 7) is 9.79. The molecule has 0 bridgehead atoms. The van der Waals surface area contributed by atoms with Crippen LogP contribution in [0.3, 0.4) is 0 Å². The Hall–Kier alpha value is -2.62. The third kappa shape index (κ3) is 13.8. The number of ether oxygens (including phenoxy) is 2. The van der Waals surface area contributed by atoms with Crippen LogP contribution in [0.2, 0.25) is 0 Å². The molecule has 1 heterocycles. The van der Waals surface area contributed by atoms with Gasteiger partial charge in [-0.2, -0.15) is 0 Å². The van der Waals surface area contributed by atoms with E-state index in [1.54, 1.807) is 20.8 Å². The van der Waals surface area contributed by atoms with Crippen LogP contribution in [-0.4, -0.2) is 49.2 Å². The van der Waals surface area contributed by atoms with Crippen LogP contribution < -0.4 is 16.0 Å². The number of hydrogen-bond acceptors (Lipinski definition) is 7. The fourth-order valence-electron chi connectivity index (χ4n) is 3.80. The van der Waals surface area contributed by atoms with Gasteiger partial charge in [0.1, 0.15) is 16.5 Å². The monoisotopic (exact) mass is 553 g/mol. The SMILES string of the molecule is CCCCCCCCCC(=O)Nc1c(C)csc1C(=O)N[C@@H](CCCCNC(=O)OC(C)(C)C)C(=O)OC. The Labute approximate surface area is 231 Å². The van der Waals surface area contributed by atoms with Crippen molar-refractivity contribution < 1.29 is 28.7 Å². The lowest BCUT2D eigenvalue weighted by molar-refractivity contribution is -0.143. The van der Waals surface area contributed by atoms with Crippen LogP contribution in [0, 0.1) is 6.92 Å². The second kappa shape index (κ2) is 17.8. The number of nitrogens with one attached hydrogen (secondary N) is 3. The Balaban J connectivity index is 2.58. The predicted molar refractivity (Wildman–Crippen MR) is 152 cm³/mol. The van der Waals surface area contributed by atoms with E-state index < -0.39 is 29.6 Å². The van der Waals surface area contributed by atoms with E-state index in [2.05, 4.69) is 22.9 Å². The molecule has 10 heteroatoms.